The number of hydrogen-bond donors (Lipinski definition) is 1. The van der Waals surface area contributed by atoms with Crippen molar-refractivity contribution in [2.75, 3.05) is 12.0 Å². The van der Waals surface area contributed by atoms with Crippen LogP contribution in [0.4, 0.5) is 5.69 Å². The quantitative estimate of drug-likeness (QED) is 0.838. The van der Waals surface area contributed by atoms with E-state index in [2.05, 4.69) is 5.10 Å². The van der Waals surface area contributed by atoms with Crippen LogP contribution < -0.4 is 11.3 Å². The van der Waals surface area contributed by atoms with E-state index in [1.165, 1.54) is 0 Å². The van der Waals surface area contributed by atoms with E-state index in [4.69, 9.17) is 5.73 Å². The maximum absolute atomic E-state index is 11.9. The number of aromatic nitrogens is 2. The van der Waals surface area contributed by atoms with Crippen LogP contribution >= 0.6 is 0 Å². The zero-order valence-corrected chi connectivity index (χ0v) is 10.4. The predicted molar refractivity (Wildman–Crippen MR) is 67.4 cm³/mol. The summed E-state index contributed by atoms with van der Waals surface area (Å²) in [4.78, 5) is 11.7. The molecule has 0 fully saturated rings. The lowest BCUT2D eigenvalue weighted by Gasteiger charge is -2.07. The zero-order valence-electron chi connectivity index (χ0n) is 9.57. The molecule has 1 aromatic heterocycles. The summed E-state index contributed by atoms with van der Waals surface area (Å²) in [5.74, 6) is 0. The minimum atomic E-state index is -3.56. The van der Waals surface area contributed by atoms with E-state index < -0.39 is 15.4 Å². The summed E-state index contributed by atoms with van der Waals surface area (Å²) in [5, 5.41) is 3.82. The van der Waals surface area contributed by atoms with Gasteiger partial charge in [-0.05, 0) is 12.1 Å². The predicted octanol–water partition coefficient (Wildman–Crippen LogP) is 0.218. The summed E-state index contributed by atoms with van der Waals surface area (Å²) in [6, 6.07) is 8.62. The van der Waals surface area contributed by atoms with E-state index in [0.717, 1.165) is 17.1 Å². The van der Waals surface area contributed by atoms with Gasteiger partial charge in [-0.1, -0.05) is 18.2 Å². The molecule has 2 rings (SSSR count). The van der Waals surface area contributed by atoms with Crippen LogP contribution in [0.15, 0.2) is 46.2 Å². The lowest BCUT2D eigenvalue weighted by Crippen LogP contribution is -2.26. The van der Waals surface area contributed by atoms with Gasteiger partial charge in [0.2, 0.25) is 0 Å². The molecular weight excluding hydrogens is 254 g/mol. The highest BCUT2D eigenvalue weighted by atomic mass is 32.2. The molecular formula is C11H11N3O3S. The fraction of sp³-hybridized carbons (Fsp3) is 0.0909. The highest BCUT2D eigenvalue weighted by Gasteiger charge is 2.17. The minimum absolute atomic E-state index is 0.250. The van der Waals surface area contributed by atoms with Crippen LogP contribution in [0.3, 0.4) is 0 Å². The molecule has 0 aliphatic rings. The van der Waals surface area contributed by atoms with Crippen LogP contribution in [0.5, 0.6) is 0 Å². The summed E-state index contributed by atoms with van der Waals surface area (Å²) in [5.41, 5.74) is 5.11. The maximum Gasteiger partial charge on any atom is 0.295 e. The van der Waals surface area contributed by atoms with Crippen molar-refractivity contribution in [3.05, 3.63) is 46.9 Å². The van der Waals surface area contributed by atoms with Gasteiger partial charge in [0.1, 0.15) is 10.6 Å². The maximum atomic E-state index is 11.9. The Morgan fingerprint density at radius 2 is 1.83 bits per heavy atom. The first-order valence-corrected chi connectivity index (χ1v) is 6.93. The van der Waals surface area contributed by atoms with Crippen LogP contribution in [0.1, 0.15) is 0 Å². The van der Waals surface area contributed by atoms with Crippen LogP contribution in [0.25, 0.3) is 5.69 Å². The van der Waals surface area contributed by atoms with Crippen LogP contribution in [0.2, 0.25) is 0 Å². The van der Waals surface area contributed by atoms with Crippen molar-refractivity contribution in [3.8, 4) is 5.69 Å². The number of anilines is 1. The van der Waals surface area contributed by atoms with Gasteiger partial charge in [-0.25, -0.2) is 8.42 Å². The van der Waals surface area contributed by atoms with Crippen molar-refractivity contribution in [2.24, 2.45) is 0 Å². The monoisotopic (exact) mass is 265 g/mol. The normalized spacial score (nSPS) is 11.4. The third-order valence-corrected chi connectivity index (χ3v) is 3.50. The third kappa shape index (κ3) is 2.12. The molecule has 1 heterocycles. The Morgan fingerprint density at radius 3 is 2.39 bits per heavy atom. The number of nitrogen functional groups attached to an aromatic ring is 1. The van der Waals surface area contributed by atoms with Crippen molar-refractivity contribution in [3.63, 3.8) is 0 Å². The van der Waals surface area contributed by atoms with E-state index in [-0.39, 0.29) is 10.6 Å². The van der Waals surface area contributed by atoms with Crippen LogP contribution in [-0.2, 0) is 9.84 Å². The topological polar surface area (TPSA) is 95.0 Å². The highest BCUT2D eigenvalue weighted by molar-refractivity contribution is 7.90. The zero-order chi connectivity index (χ0) is 13.3. The van der Waals surface area contributed by atoms with E-state index in [9.17, 15) is 13.2 Å². The number of rotatable bonds is 2. The van der Waals surface area contributed by atoms with Gasteiger partial charge in [0.25, 0.3) is 5.56 Å². The molecule has 0 radical (unpaired) electrons. The molecule has 6 nitrogen and oxygen atoms in total. The van der Waals surface area contributed by atoms with Gasteiger partial charge < -0.3 is 5.73 Å². The molecule has 94 valence electrons. The second kappa shape index (κ2) is 4.26. The summed E-state index contributed by atoms with van der Waals surface area (Å²) in [6.07, 6.45) is 2.06. The lowest BCUT2D eigenvalue weighted by atomic mass is 10.3. The first-order valence-electron chi connectivity index (χ1n) is 5.04. The van der Waals surface area contributed by atoms with Crippen LogP contribution in [0, 0.1) is 0 Å². The van der Waals surface area contributed by atoms with E-state index >= 15 is 0 Å². The van der Waals surface area contributed by atoms with Gasteiger partial charge in [0.15, 0.2) is 9.84 Å². The average molecular weight is 265 g/mol. The Labute approximate surface area is 104 Å². The molecule has 0 amide bonds. The van der Waals surface area contributed by atoms with Crippen molar-refractivity contribution in [1.29, 1.82) is 0 Å². The summed E-state index contributed by atoms with van der Waals surface area (Å²) in [6.45, 7) is 0. The molecule has 18 heavy (non-hydrogen) atoms. The highest BCUT2D eigenvalue weighted by Crippen LogP contribution is 2.13. The standard InChI is InChI=1S/C11H11N3O3S/c1-18(16,17)9-7-13-14(11(15)10(9)12)8-5-3-2-4-6-8/h2-7H,12H2,1H3. The van der Waals surface area contributed by atoms with E-state index in [0.29, 0.717) is 5.69 Å². The Bertz CT molecular complexity index is 736. The molecule has 0 atom stereocenters. The Hall–Kier alpha value is -2.15. The Kier molecular flexibility index (Phi) is 2.92. The largest absolute Gasteiger partial charge is 0.393 e. The number of sulfone groups is 1. The number of nitrogens with zero attached hydrogens (tertiary/aromatic N) is 2. The van der Waals surface area contributed by atoms with Crippen molar-refractivity contribution < 1.29 is 8.42 Å². The molecule has 1 aromatic carbocycles. The van der Waals surface area contributed by atoms with E-state index in [1.807, 2.05) is 0 Å². The molecule has 0 saturated carbocycles. The molecule has 0 aliphatic heterocycles. The Balaban J connectivity index is 2.70. The fourth-order valence-electron chi connectivity index (χ4n) is 1.50. The Morgan fingerprint density at radius 1 is 1.22 bits per heavy atom. The molecule has 2 aromatic rings. The fourth-order valence-corrected chi connectivity index (χ4v) is 2.23. The van der Waals surface area contributed by atoms with Gasteiger partial charge in [-0.15, -0.1) is 0 Å². The van der Waals surface area contributed by atoms with Gasteiger partial charge >= 0.3 is 0 Å². The minimum Gasteiger partial charge on any atom is -0.393 e. The second-order valence-corrected chi connectivity index (χ2v) is 5.73. The number of para-hydroxylation sites is 1. The number of hydrogen-bond acceptors (Lipinski definition) is 5. The molecule has 0 spiro atoms. The molecule has 0 saturated heterocycles. The SMILES string of the molecule is CS(=O)(=O)c1cnn(-c2ccccc2)c(=O)c1N. The van der Waals surface area contributed by atoms with Crippen molar-refractivity contribution in [1.82, 2.24) is 9.78 Å². The van der Waals surface area contributed by atoms with Gasteiger partial charge in [-0.3, -0.25) is 4.79 Å². The summed E-state index contributed by atoms with van der Waals surface area (Å²) < 4.78 is 23.8. The van der Waals surface area contributed by atoms with Gasteiger partial charge in [-0.2, -0.15) is 9.78 Å². The summed E-state index contributed by atoms with van der Waals surface area (Å²) in [7, 11) is -3.56. The number of benzene rings is 1. The smallest absolute Gasteiger partial charge is 0.295 e. The van der Waals surface area contributed by atoms with Crippen LogP contribution in [-0.4, -0.2) is 24.5 Å². The van der Waals surface area contributed by atoms with Crippen molar-refractivity contribution in [2.45, 2.75) is 4.90 Å². The molecule has 7 heteroatoms. The first kappa shape index (κ1) is 12.3. The van der Waals surface area contributed by atoms with Gasteiger partial charge in [0.05, 0.1) is 11.9 Å². The molecule has 0 unspecified atom stereocenters. The van der Waals surface area contributed by atoms with Gasteiger partial charge in [0, 0.05) is 6.26 Å². The molecule has 0 aliphatic carbocycles. The first-order chi connectivity index (χ1) is 8.41. The second-order valence-electron chi connectivity index (χ2n) is 3.75. The lowest BCUT2D eigenvalue weighted by molar-refractivity contribution is 0.600. The molecule has 2 N–H and O–H groups in total. The summed E-state index contributed by atoms with van der Waals surface area (Å²) >= 11 is 0. The average Bonchev–Trinajstić information content (AvgIpc) is 2.32. The third-order valence-electron chi connectivity index (χ3n) is 2.38. The van der Waals surface area contributed by atoms with Crippen molar-refractivity contribution >= 4 is 15.5 Å². The van der Waals surface area contributed by atoms with E-state index in [1.54, 1.807) is 30.3 Å². The molecule has 0 bridgehead atoms. The number of nitrogens with two attached hydrogens (primary N) is 1.